The number of carbonyl (C=O) groups excluding carboxylic acids is 1. The summed E-state index contributed by atoms with van der Waals surface area (Å²) in [5, 5.41) is 0. The molecule has 2 bridgehead atoms. The van der Waals surface area contributed by atoms with Crippen LogP contribution in [0.5, 0.6) is 0 Å². The van der Waals surface area contributed by atoms with Gasteiger partial charge in [0.2, 0.25) is 0 Å². The predicted molar refractivity (Wildman–Crippen MR) is 50.1 cm³/mol. The van der Waals surface area contributed by atoms with E-state index in [4.69, 9.17) is 4.74 Å². The van der Waals surface area contributed by atoms with E-state index in [1.165, 1.54) is 25.3 Å². The quantitative estimate of drug-likeness (QED) is 0.481. The number of ether oxygens (including phenoxy) is 1. The molecule has 0 N–H and O–H groups in total. The molecule has 0 aromatic rings. The highest BCUT2D eigenvalue weighted by Gasteiger charge is 2.50. The lowest BCUT2D eigenvalue weighted by molar-refractivity contribution is -0.156. The summed E-state index contributed by atoms with van der Waals surface area (Å²) >= 11 is 0. The topological polar surface area (TPSA) is 26.3 Å². The molecule has 2 aliphatic rings. The molecular formula is C11H16O2. The first-order chi connectivity index (χ1) is 6.14. The van der Waals surface area contributed by atoms with Gasteiger partial charge in [0.05, 0.1) is 0 Å². The largest absolute Gasteiger partial charge is 0.456 e. The Hall–Kier alpha value is -0.790. The van der Waals surface area contributed by atoms with Crippen molar-refractivity contribution in [3.63, 3.8) is 0 Å². The summed E-state index contributed by atoms with van der Waals surface area (Å²) < 4.78 is 5.42. The van der Waals surface area contributed by atoms with Gasteiger partial charge in [-0.1, -0.05) is 6.58 Å². The molecule has 0 amide bonds. The third-order valence-corrected chi connectivity index (χ3v) is 3.60. The average molecular weight is 180 g/mol. The highest BCUT2D eigenvalue weighted by atomic mass is 16.6. The SMILES string of the molecule is C=CC(=O)O[C@]1(C)CC2CCC1C2. The van der Waals surface area contributed by atoms with Crippen LogP contribution in [0, 0.1) is 11.8 Å². The zero-order valence-electron chi connectivity index (χ0n) is 8.08. The van der Waals surface area contributed by atoms with Crippen LogP contribution in [0.15, 0.2) is 12.7 Å². The zero-order chi connectivity index (χ0) is 9.47. The van der Waals surface area contributed by atoms with Crippen molar-refractivity contribution in [2.45, 2.75) is 38.2 Å². The monoisotopic (exact) mass is 180 g/mol. The molecule has 72 valence electrons. The van der Waals surface area contributed by atoms with E-state index in [1.807, 2.05) is 0 Å². The lowest BCUT2D eigenvalue weighted by atomic mass is 9.86. The summed E-state index contributed by atoms with van der Waals surface area (Å²) in [7, 11) is 0. The van der Waals surface area contributed by atoms with Gasteiger partial charge in [-0.05, 0) is 44.4 Å². The molecule has 0 spiro atoms. The second-order valence-electron chi connectivity index (χ2n) is 4.52. The molecule has 0 aromatic heterocycles. The first-order valence-electron chi connectivity index (χ1n) is 4.99. The minimum atomic E-state index is -0.268. The van der Waals surface area contributed by atoms with Gasteiger partial charge in [0.15, 0.2) is 0 Å². The second kappa shape index (κ2) is 2.86. The average Bonchev–Trinajstić information content (AvgIpc) is 2.62. The van der Waals surface area contributed by atoms with Gasteiger partial charge in [-0.3, -0.25) is 0 Å². The lowest BCUT2D eigenvalue weighted by Crippen LogP contribution is -2.36. The standard InChI is InChI=1S/C11H16O2/c1-3-10(12)13-11(2)7-8-4-5-9(11)6-8/h3,8-9H,1,4-7H2,2H3/t8?,9?,11-/m1/s1. The third kappa shape index (κ3) is 1.38. The normalized spacial score (nSPS) is 41.9. The summed E-state index contributed by atoms with van der Waals surface area (Å²) in [5.74, 6) is 1.13. The van der Waals surface area contributed by atoms with E-state index in [0.717, 1.165) is 12.3 Å². The maximum Gasteiger partial charge on any atom is 0.330 e. The summed E-state index contributed by atoms with van der Waals surface area (Å²) in [4.78, 5) is 11.1. The highest BCUT2D eigenvalue weighted by molar-refractivity contribution is 5.81. The van der Waals surface area contributed by atoms with Gasteiger partial charge in [-0.15, -0.1) is 0 Å². The van der Waals surface area contributed by atoms with Gasteiger partial charge in [0, 0.05) is 6.08 Å². The van der Waals surface area contributed by atoms with Gasteiger partial charge in [0.25, 0.3) is 0 Å². The molecule has 3 atom stereocenters. The molecule has 2 nitrogen and oxygen atoms in total. The molecule has 0 heterocycles. The minimum absolute atomic E-state index is 0.186. The van der Waals surface area contributed by atoms with Crippen LogP contribution in [-0.2, 0) is 9.53 Å². The Labute approximate surface area is 79.0 Å². The maximum absolute atomic E-state index is 11.1. The van der Waals surface area contributed by atoms with Crippen molar-refractivity contribution in [1.29, 1.82) is 0 Å². The second-order valence-corrected chi connectivity index (χ2v) is 4.52. The van der Waals surface area contributed by atoms with Gasteiger partial charge in [0.1, 0.15) is 5.60 Å². The summed E-state index contributed by atoms with van der Waals surface area (Å²) in [6.45, 7) is 5.49. The van der Waals surface area contributed by atoms with E-state index >= 15 is 0 Å². The maximum atomic E-state index is 11.1. The van der Waals surface area contributed by atoms with Crippen molar-refractivity contribution in [1.82, 2.24) is 0 Å². The molecule has 0 aromatic carbocycles. The lowest BCUT2D eigenvalue weighted by Gasteiger charge is -2.33. The molecular weight excluding hydrogens is 164 g/mol. The number of rotatable bonds is 2. The molecule has 0 saturated heterocycles. The van der Waals surface area contributed by atoms with Gasteiger partial charge in [-0.25, -0.2) is 4.79 Å². The summed E-state index contributed by atoms with van der Waals surface area (Å²) in [6, 6.07) is 0. The number of hydrogen-bond acceptors (Lipinski definition) is 2. The first-order valence-corrected chi connectivity index (χ1v) is 4.99. The van der Waals surface area contributed by atoms with Crippen molar-refractivity contribution in [2.24, 2.45) is 11.8 Å². The van der Waals surface area contributed by atoms with E-state index < -0.39 is 0 Å². The summed E-state index contributed by atoms with van der Waals surface area (Å²) in [5.41, 5.74) is -0.186. The molecule has 2 unspecified atom stereocenters. The Kier molecular flexibility index (Phi) is 1.94. The predicted octanol–water partition coefficient (Wildman–Crippen LogP) is 2.29. The van der Waals surface area contributed by atoms with E-state index in [1.54, 1.807) is 0 Å². The fourth-order valence-electron chi connectivity index (χ4n) is 2.95. The number of esters is 1. The third-order valence-electron chi connectivity index (χ3n) is 3.60. The van der Waals surface area contributed by atoms with Crippen molar-refractivity contribution in [3.05, 3.63) is 12.7 Å². The Morgan fingerprint density at radius 1 is 1.62 bits per heavy atom. The van der Waals surface area contributed by atoms with Crippen molar-refractivity contribution >= 4 is 5.97 Å². The smallest absolute Gasteiger partial charge is 0.330 e. The number of fused-ring (bicyclic) bond motifs is 2. The molecule has 2 heteroatoms. The van der Waals surface area contributed by atoms with E-state index in [2.05, 4.69) is 13.5 Å². The van der Waals surface area contributed by atoms with Crippen LogP contribution < -0.4 is 0 Å². The Bertz CT molecular complexity index is 246. The molecule has 0 radical (unpaired) electrons. The van der Waals surface area contributed by atoms with Gasteiger partial charge in [-0.2, -0.15) is 0 Å². The minimum Gasteiger partial charge on any atom is -0.456 e. The summed E-state index contributed by atoms with van der Waals surface area (Å²) in [6.07, 6.45) is 6.12. The van der Waals surface area contributed by atoms with Crippen LogP contribution >= 0.6 is 0 Å². The highest BCUT2D eigenvalue weighted by Crippen LogP contribution is 2.52. The molecule has 0 aliphatic heterocycles. The molecule has 13 heavy (non-hydrogen) atoms. The van der Waals surface area contributed by atoms with Crippen molar-refractivity contribution in [2.75, 3.05) is 0 Å². The van der Waals surface area contributed by atoms with Crippen LogP contribution in [0.25, 0.3) is 0 Å². The molecule has 2 aliphatic carbocycles. The van der Waals surface area contributed by atoms with Gasteiger partial charge < -0.3 is 4.74 Å². The molecule has 2 saturated carbocycles. The van der Waals surface area contributed by atoms with E-state index in [9.17, 15) is 4.79 Å². The zero-order valence-corrected chi connectivity index (χ0v) is 8.08. The van der Waals surface area contributed by atoms with Crippen LogP contribution in [0.2, 0.25) is 0 Å². The Morgan fingerprint density at radius 2 is 2.38 bits per heavy atom. The Balaban J connectivity index is 2.05. The van der Waals surface area contributed by atoms with Gasteiger partial charge >= 0.3 is 5.97 Å². The Morgan fingerprint density at radius 3 is 2.85 bits per heavy atom. The van der Waals surface area contributed by atoms with Crippen LogP contribution in [-0.4, -0.2) is 11.6 Å². The molecule has 2 rings (SSSR count). The van der Waals surface area contributed by atoms with E-state index in [-0.39, 0.29) is 11.6 Å². The van der Waals surface area contributed by atoms with Crippen molar-refractivity contribution < 1.29 is 9.53 Å². The van der Waals surface area contributed by atoms with Crippen molar-refractivity contribution in [3.8, 4) is 0 Å². The van der Waals surface area contributed by atoms with Crippen LogP contribution in [0.4, 0.5) is 0 Å². The van der Waals surface area contributed by atoms with Crippen LogP contribution in [0.1, 0.15) is 32.6 Å². The fraction of sp³-hybridized carbons (Fsp3) is 0.727. The number of hydrogen-bond donors (Lipinski definition) is 0. The van der Waals surface area contributed by atoms with E-state index in [0.29, 0.717) is 5.92 Å². The molecule has 2 fully saturated rings. The fourth-order valence-corrected chi connectivity index (χ4v) is 2.95. The van der Waals surface area contributed by atoms with Crippen LogP contribution in [0.3, 0.4) is 0 Å². The first kappa shape index (κ1) is 8.79. The number of carbonyl (C=O) groups is 1.